The van der Waals surface area contributed by atoms with Crippen LogP contribution < -0.4 is 10.1 Å². The fourth-order valence-corrected chi connectivity index (χ4v) is 3.27. The second-order valence-corrected chi connectivity index (χ2v) is 6.26. The molecule has 1 amide bonds. The third-order valence-electron chi connectivity index (χ3n) is 4.60. The number of methoxy groups -OCH3 is 1. The molecule has 6 heteroatoms. The Morgan fingerprint density at radius 1 is 1.28 bits per heavy atom. The molecule has 2 N–H and O–H groups in total. The van der Waals surface area contributed by atoms with Crippen molar-refractivity contribution in [2.24, 2.45) is 5.92 Å². The van der Waals surface area contributed by atoms with Crippen LogP contribution in [-0.4, -0.2) is 53.7 Å². The van der Waals surface area contributed by atoms with Crippen molar-refractivity contribution in [3.05, 3.63) is 59.9 Å². The van der Waals surface area contributed by atoms with Gasteiger partial charge in [0.1, 0.15) is 5.75 Å². The zero-order chi connectivity index (χ0) is 17.6. The monoisotopic (exact) mass is 341 g/mol. The number of hydrogen-bond acceptors (Lipinski definition) is 5. The molecule has 3 rings (SSSR count). The molecule has 6 nitrogen and oxygen atoms in total. The van der Waals surface area contributed by atoms with Gasteiger partial charge in [0, 0.05) is 61.7 Å². The van der Waals surface area contributed by atoms with E-state index in [1.54, 1.807) is 31.6 Å². The van der Waals surface area contributed by atoms with Crippen LogP contribution >= 0.6 is 0 Å². The highest BCUT2D eigenvalue weighted by atomic mass is 16.5. The van der Waals surface area contributed by atoms with E-state index < -0.39 is 0 Å². The molecule has 0 bridgehead atoms. The van der Waals surface area contributed by atoms with E-state index >= 15 is 0 Å². The molecule has 0 spiro atoms. The van der Waals surface area contributed by atoms with Crippen LogP contribution in [0.4, 0.5) is 0 Å². The van der Waals surface area contributed by atoms with E-state index in [1.165, 1.54) is 0 Å². The quantitative estimate of drug-likeness (QED) is 0.829. The van der Waals surface area contributed by atoms with Crippen LogP contribution in [0.5, 0.6) is 5.75 Å². The lowest BCUT2D eigenvalue weighted by atomic mass is 10.0. The first kappa shape index (κ1) is 17.4. The molecular formula is C19H23N3O3. The largest absolute Gasteiger partial charge is 0.496 e. The number of aromatic nitrogens is 1. The van der Waals surface area contributed by atoms with Crippen molar-refractivity contribution in [1.29, 1.82) is 0 Å². The first-order valence-electron chi connectivity index (χ1n) is 8.37. The van der Waals surface area contributed by atoms with Crippen LogP contribution in [0, 0.1) is 5.92 Å². The number of aliphatic hydroxyl groups is 1. The number of rotatable bonds is 6. The highest BCUT2D eigenvalue weighted by Gasteiger charge is 2.33. The van der Waals surface area contributed by atoms with Gasteiger partial charge in [-0.25, -0.2) is 0 Å². The standard InChI is InChI=1S/C19H23N3O3/c1-25-18-5-3-2-4-15(18)10-22-11-16(13-23)17(12-22)21-19(24)14-6-8-20-9-7-14/h2-9,16-17,23H,10-13H2,1H3,(H,21,24)/t16-,17+/m0/s1. The lowest BCUT2D eigenvalue weighted by Crippen LogP contribution is -2.41. The average Bonchev–Trinajstić information content (AvgIpc) is 3.04. The molecule has 25 heavy (non-hydrogen) atoms. The summed E-state index contributed by atoms with van der Waals surface area (Å²) >= 11 is 0. The van der Waals surface area contributed by atoms with Gasteiger partial charge in [0.05, 0.1) is 7.11 Å². The zero-order valence-corrected chi connectivity index (χ0v) is 14.3. The van der Waals surface area contributed by atoms with E-state index in [1.807, 2.05) is 24.3 Å². The van der Waals surface area contributed by atoms with Crippen molar-refractivity contribution in [2.75, 3.05) is 26.8 Å². The lowest BCUT2D eigenvalue weighted by molar-refractivity contribution is 0.0921. The number of amides is 1. The highest BCUT2D eigenvalue weighted by Crippen LogP contribution is 2.24. The van der Waals surface area contributed by atoms with Crippen LogP contribution in [0.1, 0.15) is 15.9 Å². The molecule has 1 aliphatic heterocycles. The summed E-state index contributed by atoms with van der Waals surface area (Å²) in [6.45, 7) is 2.20. The van der Waals surface area contributed by atoms with Crippen LogP contribution in [0.25, 0.3) is 0 Å². The molecule has 1 saturated heterocycles. The Kier molecular flexibility index (Phi) is 5.63. The van der Waals surface area contributed by atoms with E-state index in [4.69, 9.17) is 4.74 Å². The van der Waals surface area contributed by atoms with Crippen LogP contribution in [0.15, 0.2) is 48.8 Å². The minimum atomic E-state index is -0.134. The van der Waals surface area contributed by atoms with Crippen LogP contribution in [0.2, 0.25) is 0 Å². The fraction of sp³-hybridized carbons (Fsp3) is 0.368. The summed E-state index contributed by atoms with van der Waals surface area (Å²) in [5.41, 5.74) is 1.68. The van der Waals surface area contributed by atoms with Gasteiger partial charge in [-0.1, -0.05) is 18.2 Å². The number of benzene rings is 1. The molecule has 1 aromatic carbocycles. The Labute approximate surface area is 147 Å². The minimum Gasteiger partial charge on any atom is -0.496 e. The topological polar surface area (TPSA) is 74.7 Å². The molecule has 0 radical (unpaired) electrons. The predicted octanol–water partition coefficient (Wildman–Crippen LogP) is 1.31. The van der Waals surface area contributed by atoms with Gasteiger partial charge in [-0.2, -0.15) is 0 Å². The molecule has 1 aromatic heterocycles. The number of aliphatic hydroxyl groups excluding tert-OH is 1. The molecule has 2 atom stereocenters. The van der Waals surface area contributed by atoms with Crippen molar-refractivity contribution in [1.82, 2.24) is 15.2 Å². The molecular weight excluding hydrogens is 318 g/mol. The summed E-state index contributed by atoms with van der Waals surface area (Å²) in [6, 6.07) is 11.2. The van der Waals surface area contributed by atoms with E-state index in [-0.39, 0.29) is 24.5 Å². The number of likely N-dealkylation sites (tertiary alicyclic amines) is 1. The molecule has 0 aliphatic carbocycles. The van der Waals surface area contributed by atoms with Crippen molar-refractivity contribution >= 4 is 5.91 Å². The molecule has 132 valence electrons. The van der Waals surface area contributed by atoms with Gasteiger partial charge >= 0.3 is 0 Å². The van der Waals surface area contributed by atoms with Crippen molar-refractivity contribution in [2.45, 2.75) is 12.6 Å². The number of hydrogen-bond donors (Lipinski definition) is 2. The maximum atomic E-state index is 12.4. The predicted molar refractivity (Wildman–Crippen MR) is 94.3 cm³/mol. The lowest BCUT2D eigenvalue weighted by Gasteiger charge is -2.18. The molecule has 0 unspecified atom stereocenters. The SMILES string of the molecule is COc1ccccc1CN1C[C@@H](CO)[C@H](NC(=O)c2ccncc2)C1. The molecule has 0 saturated carbocycles. The van der Waals surface area contributed by atoms with E-state index in [0.29, 0.717) is 12.1 Å². The van der Waals surface area contributed by atoms with Crippen LogP contribution in [0.3, 0.4) is 0 Å². The number of carbonyl (C=O) groups is 1. The third kappa shape index (κ3) is 4.15. The minimum absolute atomic E-state index is 0.0143. The Morgan fingerprint density at radius 3 is 2.76 bits per heavy atom. The summed E-state index contributed by atoms with van der Waals surface area (Å²) in [4.78, 5) is 18.5. The average molecular weight is 341 g/mol. The second kappa shape index (κ2) is 8.09. The van der Waals surface area contributed by atoms with Gasteiger partial charge in [0.2, 0.25) is 0 Å². The second-order valence-electron chi connectivity index (χ2n) is 6.26. The summed E-state index contributed by atoms with van der Waals surface area (Å²) < 4.78 is 5.41. The first-order chi connectivity index (χ1) is 12.2. The molecule has 1 fully saturated rings. The normalized spacial score (nSPS) is 20.4. The first-order valence-corrected chi connectivity index (χ1v) is 8.37. The zero-order valence-electron chi connectivity index (χ0n) is 14.3. The number of para-hydroxylation sites is 1. The number of pyridine rings is 1. The summed E-state index contributed by atoms with van der Waals surface area (Å²) in [7, 11) is 1.66. The van der Waals surface area contributed by atoms with Gasteiger partial charge in [0.15, 0.2) is 0 Å². The van der Waals surface area contributed by atoms with E-state index in [0.717, 1.165) is 24.4 Å². The summed E-state index contributed by atoms with van der Waals surface area (Å²) in [5.74, 6) is 0.734. The van der Waals surface area contributed by atoms with Gasteiger partial charge < -0.3 is 15.2 Å². The van der Waals surface area contributed by atoms with E-state index in [2.05, 4.69) is 15.2 Å². The fourth-order valence-electron chi connectivity index (χ4n) is 3.27. The Morgan fingerprint density at radius 2 is 2.04 bits per heavy atom. The van der Waals surface area contributed by atoms with Crippen molar-refractivity contribution in [3.8, 4) is 5.75 Å². The number of ether oxygens (including phenoxy) is 1. The van der Waals surface area contributed by atoms with Crippen molar-refractivity contribution < 1.29 is 14.6 Å². The maximum Gasteiger partial charge on any atom is 0.251 e. The smallest absolute Gasteiger partial charge is 0.251 e. The van der Waals surface area contributed by atoms with Gasteiger partial charge in [-0.15, -0.1) is 0 Å². The molecule has 1 aliphatic rings. The van der Waals surface area contributed by atoms with Gasteiger partial charge in [0.25, 0.3) is 5.91 Å². The Bertz CT molecular complexity index is 708. The summed E-state index contributed by atoms with van der Waals surface area (Å²) in [6.07, 6.45) is 3.20. The van der Waals surface area contributed by atoms with Crippen LogP contribution in [-0.2, 0) is 6.54 Å². The number of nitrogens with zero attached hydrogens (tertiary/aromatic N) is 2. The number of carbonyl (C=O) groups excluding carboxylic acids is 1. The van der Waals surface area contributed by atoms with Crippen molar-refractivity contribution in [3.63, 3.8) is 0 Å². The number of nitrogens with one attached hydrogen (secondary N) is 1. The van der Waals surface area contributed by atoms with Gasteiger partial charge in [-0.05, 0) is 18.2 Å². The highest BCUT2D eigenvalue weighted by molar-refractivity contribution is 5.94. The third-order valence-corrected chi connectivity index (χ3v) is 4.60. The summed E-state index contributed by atoms with van der Waals surface area (Å²) in [5, 5.41) is 12.7. The Hall–Kier alpha value is -2.44. The Balaban J connectivity index is 1.65. The maximum absolute atomic E-state index is 12.4. The molecule has 2 aromatic rings. The van der Waals surface area contributed by atoms with Gasteiger partial charge in [-0.3, -0.25) is 14.7 Å². The van der Waals surface area contributed by atoms with E-state index in [9.17, 15) is 9.90 Å². The molecule has 2 heterocycles.